The molecule has 2 rings (SSSR count). The number of carbonyl (C=O) groups excluding carboxylic acids is 1. The van der Waals surface area contributed by atoms with E-state index < -0.39 is 0 Å². The van der Waals surface area contributed by atoms with E-state index in [1.54, 1.807) is 7.11 Å². The highest BCUT2D eigenvalue weighted by Gasteiger charge is 2.19. The number of benzene rings is 1. The quantitative estimate of drug-likeness (QED) is 0.561. The van der Waals surface area contributed by atoms with Gasteiger partial charge in [-0.05, 0) is 44.4 Å². The van der Waals surface area contributed by atoms with Gasteiger partial charge in [-0.25, -0.2) is 0 Å². The molecule has 0 bridgehead atoms. The summed E-state index contributed by atoms with van der Waals surface area (Å²) in [5, 5.41) is 12.5. The number of amides is 1. The van der Waals surface area contributed by atoms with Gasteiger partial charge in [0.2, 0.25) is 5.91 Å². The Bertz CT molecular complexity index is 821. The van der Waals surface area contributed by atoms with Crippen molar-refractivity contribution in [2.24, 2.45) is 0 Å². The molecule has 0 radical (unpaired) electrons. The van der Waals surface area contributed by atoms with Gasteiger partial charge in [0.1, 0.15) is 11.9 Å². The van der Waals surface area contributed by atoms with Crippen LogP contribution in [0.3, 0.4) is 0 Å². The smallest absolute Gasteiger partial charge is 0.235 e. The van der Waals surface area contributed by atoms with Crippen LogP contribution >= 0.6 is 11.8 Å². The van der Waals surface area contributed by atoms with Crippen LogP contribution < -0.4 is 5.32 Å². The van der Waals surface area contributed by atoms with Gasteiger partial charge in [0.15, 0.2) is 0 Å². The third-order valence-electron chi connectivity index (χ3n) is 4.38. The minimum Gasteiger partial charge on any atom is -0.385 e. The van der Waals surface area contributed by atoms with E-state index in [1.807, 2.05) is 49.6 Å². The molecule has 1 aromatic heterocycles. The summed E-state index contributed by atoms with van der Waals surface area (Å²) < 4.78 is 7.12. The molecule has 0 unspecified atom stereocenters. The number of aromatic nitrogens is 1. The SMILES string of the molecule is COCCCn1c(C)c(C)c(C#N)c1NC(=O)CSc1ccccc1C. The summed E-state index contributed by atoms with van der Waals surface area (Å²) in [5.41, 5.74) is 3.60. The van der Waals surface area contributed by atoms with Crippen LogP contribution in [-0.2, 0) is 16.1 Å². The predicted molar refractivity (Wildman–Crippen MR) is 106 cm³/mol. The Kier molecular flexibility index (Phi) is 7.31. The van der Waals surface area contributed by atoms with Gasteiger partial charge in [0.25, 0.3) is 0 Å². The lowest BCUT2D eigenvalue weighted by Crippen LogP contribution is -2.18. The number of anilines is 1. The van der Waals surface area contributed by atoms with Gasteiger partial charge in [-0.3, -0.25) is 4.79 Å². The van der Waals surface area contributed by atoms with Crippen molar-refractivity contribution in [1.82, 2.24) is 4.57 Å². The van der Waals surface area contributed by atoms with Crippen LogP contribution in [0.4, 0.5) is 5.82 Å². The Morgan fingerprint density at radius 1 is 1.31 bits per heavy atom. The molecule has 5 nitrogen and oxygen atoms in total. The Hall–Kier alpha value is -2.23. The number of aryl methyl sites for hydroxylation is 1. The average Bonchev–Trinajstić information content (AvgIpc) is 2.85. The van der Waals surface area contributed by atoms with Crippen molar-refractivity contribution >= 4 is 23.5 Å². The molecule has 0 spiro atoms. The van der Waals surface area contributed by atoms with E-state index in [-0.39, 0.29) is 5.91 Å². The maximum atomic E-state index is 12.5. The summed E-state index contributed by atoms with van der Waals surface area (Å²) >= 11 is 1.50. The van der Waals surface area contributed by atoms with E-state index in [4.69, 9.17) is 4.74 Å². The number of thioether (sulfide) groups is 1. The zero-order valence-electron chi connectivity index (χ0n) is 15.8. The fourth-order valence-corrected chi connectivity index (χ4v) is 3.64. The monoisotopic (exact) mass is 371 g/mol. The van der Waals surface area contributed by atoms with E-state index in [1.165, 1.54) is 11.8 Å². The topological polar surface area (TPSA) is 67.1 Å². The van der Waals surface area contributed by atoms with Crippen molar-refractivity contribution in [2.45, 2.75) is 38.6 Å². The van der Waals surface area contributed by atoms with E-state index in [0.717, 1.165) is 28.1 Å². The molecule has 2 aromatic rings. The van der Waals surface area contributed by atoms with Gasteiger partial charge in [0, 0.05) is 30.9 Å². The molecule has 0 aliphatic heterocycles. The summed E-state index contributed by atoms with van der Waals surface area (Å²) in [7, 11) is 1.67. The summed E-state index contributed by atoms with van der Waals surface area (Å²) in [4.78, 5) is 13.6. The molecule has 0 aliphatic carbocycles. The molecule has 138 valence electrons. The zero-order chi connectivity index (χ0) is 19.1. The standard InChI is InChI=1S/C20H25N3O2S/c1-14-8-5-6-9-18(14)26-13-19(24)22-20-17(12-21)15(2)16(3)23(20)10-7-11-25-4/h5-6,8-9H,7,10-11,13H2,1-4H3,(H,22,24). The lowest BCUT2D eigenvalue weighted by molar-refractivity contribution is -0.113. The highest BCUT2D eigenvalue weighted by atomic mass is 32.2. The van der Waals surface area contributed by atoms with Crippen molar-refractivity contribution < 1.29 is 9.53 Å². The number of nitrogens with one attached hydrogen (secondary N) is 1. The molecule has 26 heavy (non-hydrogen) atoms. The first-order chi connectivity index (χ1) is 12.5. The first-order valence-electron chi connectivity index (χ1n) is 8.56. The molecule has 0 saturated heterocycles. The number of methoxy groups -OCH3 is 1. The molecule has 1 N–H and O–H groups in total. The van der Waals surface area contributed by atoms with Crippen LogP contribution in [0.2, 0.25) is 0 Å². The number of rotatable bonds is 8. The van der Waals surface area contributed by atoms with Crippen LogP contribution in [0.25, 0.3) is 0 Å². The summed E-state index contributed by atoms with van der Waals surface area (Å²) in [6.07, 6.45) is 0.817. The lowest BCUT2D eigenvalue weighted by Gasteiger charge is -2.13. The van der Waals surface area contributed by atoms with Crippen LogP contribution in [0, 0.1) is 32.1 Å². The highest BCUT2D eigenvalue weighted by Crippen LogP contribution is 2.27. The zero-order valence-corrected chi connectivity index (χ0v) is 16.6. The molecule has 0 aliphatic rings. The van der Waals surface area contributed by atoms with E-state index in [9.17, 15) is 10.1 Å². The molecule has 0 atom stereocenters. The van der Waals surface area contributed by atoms with E-state index in [2.05, 4.69) is 11.4 Å². The first-order valence-corrected chi connectivity index (χ1v) is 9.55. The molecule has 1 aromatic carbocycles. The average molecular weight is 372 g/mol. The highest BCUT2D eigenvalue weighted by molar-refractivity contribution is 8.00. The second kappa shape index (κ2) is 9.46. The molecule has 1 amide bonds. The maximum absolute atomic E-state index is 12.5. The van der Waals surface area contributed by atoms with Gasteiger partial charge in [0.05, 0.1) is 11.3 Å². The minimum atomic E-state index is -0.111. The van der Waals surface area contributed by atoms with Crippen molar-refractivity contribution in [3.63, 3.8) is 0 Å². The fraction of sp³-hybridized carbons (Fsp3) is 0.400. The van der Waals surface area contributed by atoms with Gasteiger partial charge in [-0.2, -0.15) is 5.26 Å². The third-order valence-corrected chi connectivity index (χ3v) is 5.56. The number of hydrogen-bond donors (Lipinski definition) is 1. The fourth-order valence-electron chi connectivity index (χ4n) is 2.81. The second-order valence-electron chi connectivity index (χ2n) is 6.15. The Balaban J connectivity index is 2.14. The van der Waals surface area contributed by atoms with Crippen LogP contribution in [-0.4, -0.2) is 29.9 Å². The lowest BCUT2D eigenvalue weighted by atomic mass is 10.2. The van der Waals surface area contributed by atoms with Gasteiger partial charge >= 0.3 is 0 Å². The molecule has 6 heteroatoms. The number of hydrogen-bond acceptors (Lipinski definition) is 4. The Morgan fingerprint density at radius 2 is 2.04 bits per heavy atom. The molecule has 0 fully saturated rings. The largest absolute Gasteiger partial charge is 0.385 e. The molecular formula is C20H25N3O2S. The summed E-state index contributed by atoms with van der Waals surface area (Å²) in [5.74, 6) is 0.783. The van der Waals surface area contributed by atoms with Gasteiger partial charge < -0.3 is 14.6 Å². The summed E-state index contributed by atoms with van der Waals surface area (Å²) in [6, 6.07) is 10.2. The van der Waals surface area contributed by atoms with Crippen molar-refractivity contribution in [1.29, 1.82) is 5.26 Å². The molecule has 1 heterocycles. The van der Waals surface area contributed by atoms with Crippen molar-refractivity contribution in [3.8, 4) is 6.07 Å². The maximum Gasteiger partial charge on any atom is 0.235 e. The number of nitriles is 1. The van der Waals surface area contributed by atoms with Crippen LogP contribution in [0.1, 0.15) is 28.8 Å². The van der Waals surface area contributed by atoms with Gasteiger partial charge in [-0.1, -0.05) is 18.2 Å². The predicted octanol–water partition coefficient (Wildman–Crippen LogP) is 4.05. The number of nitrogens with zero attached hydrogens (tertiary/aromatic N) is 2. The normalized spacial score (nSPS) is 10.6. The second-order valence-corrected chi connectivity index (χ2v) is 7.16. The van der Waals surface area contributed by atoms with E-state index in [0.29, 0.717) is 30.3 Å². The summed E-state index contributed by atoms with van der Waals surface area (Å²) in [6.45, 7) is 7.25. The van der Waals surface area contributed by atoms with Crippen LogP contribution in [0.5, 0.6) is 0 Å². The molecule has 0 saturated carbocycles. The third kappa shape index (κ3) is 4.69. The number of carbonyl (C=O) groups is 1. The molecular weight excluding hydrogens is 346 g/mol. The Labute approximate surface area is 159 Å². The minimum absolute atomic E-state index is 0.111. The first kappa shape index (κ1) is 20.1. The van der Waals surface area contributed by atoms with Gasteiger partial charge in [-0.15, -0.1) is 11.8 Å². The van der Waals surface area contributed by atoms with Crippen molar-refractivity contribution in [3.05, 3.63) is 46.6 Å². The number of ether oxygens (including phenoxy) is 1. The van der Waals surface area contributed by atoms with Crippen molar-refractivity contribution in [2.75, 3.05) is 24.8 Å². The van der Waals surface area contributed by atoms with E-state index >= 15 is 0 Å². The Morgan fingerprint density at radius 3 is 2.69 bits per heavy atom. The van der Waals surface area contributed by atoms with Crippen LogP contribution in [0.15, 0.2) is 29.2 Å².